The highest BCUT2D eigenvalue weighted by atomic mass is 19.1. The lowest BCUT2D eigenvalue weighted by molar-refractivity contribution is -0.157. The third-order valence-corrected chi connectivity index (χ3v) is 7.52. The molecule has 0 heterocycles. The van der Waals surface area contributed by atoms with Crippen molar-refractivity contribution in [2.45, 2.75) is 110 Å². The molecule has 41 heavy (non-hydrogen) atoms. The first-order valence-corrected chi connectivity index (χ1v) is 15.5. The number of carbonyl (C=O) groups is 2. The number of rotatable bonds is 18. The molecule has 1 aliphatic rings. The summed E-state index contributed by atoms with van der Waals surface area (Å²) in [4.78, 5) is 24.5. The normalized spacial score (nSPS) is 17.4. The highest BCUT2D eigenvalue weighted by molar-refractivity contribution is 5.91. The van der Waals surface area contributed by atoms with Gasteiger partial charge in [0.1, 0.15) is 23.4 Å². The maximum Gasteiger partial charge on any atom is 0.343 e. The molecule has 2 aromatic rings. The molecule has 2 aromatic carbocycles. The van der Waals surface area contributed by atoms with Crippen LogP contribution in [0.2, 0.25) is 0 Å². The number of hydrogen-bond acceptors (Lipinski definition) is 6. The third-order valence-electron chi connectivity index (χ3n) is 7.52. The molecular weight excluding hydrogens is 523 g/mol. The summed E-state index contributed by atoms with van der Waals surface area (Å²) >= 11 is 0. The van der Waals surface area contributed by atoms with E-state index in [2.05, 4.69) is 6.92 Å². The van der Waals surface area contributed by atoms with E-state index in [1.165, 1.54) is 32.1 Å². The fourth-order valence-corrected chi connectivity index (χ4v) is 4.90. The van der Waals surface area contributed by atoms with Crippen LogP contribution in [0.4, 0.5) is 4.39 Å². The molecule has 0 unspecified atom stereocenters. The molecule has 0 aliphatic heterocycles. The van der Waals surface area contributed by atoms with Gasteiger partial charge in [0.2, 0.25) is 0 Å². The summed E-state index contributed by atoms with van der Waals surface area (Å²) in [7, 11) is 0. The SMILES string of the molecule is CCCCCCCCOc1ccc(C(=O)Oc2ccc(OC[C@H]3CC[C@H](OC(=O)[C@@H](F)CCCC)CC3)cc2)cc1. The van der Waals surface area contributed by atoms with Gasteiger partial charge in [0.05, 0.1) is 18.8 Å². The summed E-state index contributed by atoms with van der Waals surface area (Å²) < 4.78 is 36.5. The van der Waals surface area contributed by atoms with Gasteiger partial charge in [-0.2, -0.15) is 0 Å². The number of hydrogen-bond donors (Lipinski definition) is 0. The molecule has 1 aliphatic carbocycles. The van der Waals surface area contributed by atoms with Crippen LogP contribution in [0.3, 0.4) is 0 Å². The lowest BCUT2D eigenvalue weighted by atomic mass is 9.88. The second-order valence-electron chi connectivity index (χ2n) is 11.0. The number of alkyl halides is 1. The third kappa shape index (κ3) is 12.1. The predicted molar refractivity (Wildman–Crippen MR) is 158 cm³/mol. The molecule has 0 aromatic heterocycles. The summed E-state index contributed by atoms with van der Waals surface area (Å²) in [5, 5.41) is 0. The van der Waals surface area contributed by atoms with Gasteiger partial charge >= 0.3 is 11.9 Å². The van der Waals surface area contributed by atoms with Crippen LogP contribution < -0.4 is 14.2 Å². The lowest BCUT2D eigenvalue weighted by Gasteiger charge is -2.28. The van der Waals surface area contributed by atoms with Crippen LogP contribution in [0.25, 0.3) is 0 Å². The van der Waals surface area contributed by atoms with E-state index >= 15 is 0 Å². The summed E-state index contributed by atoms with van der Waals surface area (Å²) in [6, 6.07) is 14.0. The first kappa shape index (κ1) is 32.4. The molecule has 7 heteroatoms. The minimum Gasteiger partial charge on any atom is -0.494 e. The average Bonchev–Trinajstić information content (AvgIpc) is 3.00. The Hall–Kier alpha value is -3.09. The van der Waals surface area contributed by atoms with Crippen LogP contribution >= 0.6 is 0 Å². The molecule has 3 rings (SSSR count). The van der Waals surface area contributed by atoms with E-state index in [-0.39, 0.29) is 12.5 Å². The highest BCUT2D eigenvalue weighted by Gasteiger charge is 2.27. The monoisotopic (exact) mass is 570 g/mol. The zero-order valence-electron chi connectivity index (χ0n) is 24.8. The maximum atomic E-state index is 13.9. The molecule has 0 radical (unpaired) electrons. The van der Waals surface area contributed by atoms with Crippen molar-refractivity contribution >= 4 is 11.9 Å². The van der Waals surface area contributed by atoms with Crippen molar-refractivity contribution in [3.05, 3.63) is 54.1 Å². The van der Waals surface area contributed by atoms with Gasteiger partial charge in [0.15, 0.2) is 6.17 Å². The van der Waals surface area contributed by atoms with E-state index in [0.717, 1.165) is 44.3 Å². The van der Waals surface area contributed by atoms with Crippen LogP contribution in [0.1, 0.15) is 108 Å². The van der Waals surface area contributed by atoms with Crippen molar-refractivity contribution in [1.82, 2.24) is 0 Å². The number of benzene rings is 2. The van der Waals surface area contributed by atoms with Crippen molar-refractivity contribution in [3.63, 3.8) is 0 Å². The van der Waals surface area contributed by atoms with Crippen molar-refractivity contribution in [2.24, 2.45) is 5.92 Å². The molecule has 0 spiro atoms. The van der Waals surface area contributed by atoms with E-state index in [4.69, 9.17) is 18.9 Å². The average molecular weight is 571 g/mol. The van der Waals surface area contributed by atoms with Crippen LogP contribution in [0.15, 0.2) is 48.5 Å². The van der Waals surface area contributed by atoms with Gasteiger partial charge in [0, 0.05) is 0 Å². The zero-order chi connectivity index (χ0) is 29.3. The topological polar surface area (TPSA) is 71.1 Å². The second-order valence-corrected chi connectivity index (χ2v) is 11.0. The molecule has 1 fully saturated rings. The summed E-state index contributed by atoms with van der Waals surface area (Å²) in [5.41, 5.74) is 0.460. The van der Waals surface area contributed by atoms with Gasteiger partial charge in [0.25, 0.3) is 0 Å². The molecule has 0 saturated heterocycles. The van der Waals surface area contributed by atoms with Gasteiger partial charge in [-0.3, -0.25) is 0 Å². The number of carbonyl (C=O) groups excluding carboxylic acids is 2. The number of esters is 2. The number of ether oxygens (including phenoxy) is 4. The van der Waals surface area contributed by atoms with Crippen molar-refractivity contribution in [2.75, 3.05) is 13.2 Å². The minimum absolute atomic E-state index is 0.207. The number of unbranched alkanes of at least 4 members (excludes halogenated alkanes) is 6. The Morgan fingerprint density at radius 3 is 2.02 bits per heavy atom. The van der Waals surface area contributed by atoms with Crippen molar-refractivity contribution in [3.8, 4) is 17.2 Å². The van der Waals surface area contributed by atoms with Crippen LogP contribution in [0, 0.1) is 5.92 Å². The molecule has 1 atom stereocenters. The van der Waals surface area contributed by atoms with Crippen molar-refractivity contribution in [1.29, 1.82) is 0 Å². The van der Waals surface area contributed by atoms with E-state index < -0.39 is 18.1 Å². The zero-order valence-corrected chi connectivity index (χ0v) is 24.8. The number of halogens is 1. The minimum atomic E-state index is -1.52. The Kier molecular flexibility index (Phi) is 14.5. The van der Waals surface area contributed by atoms with Gasteiger partial charge < -0.3 is 18.9 Å². The standard InChI is InChI=1S/C34H47FO6/c1-3-5-7-8-9-10-24-38-28-18-14-27(15-19-28)33(36)40-31-22-20-29(21-23-31)39-25-26-12-16-30(17-13-26)41-34(37)32(35)11-6-4-2/h14-15,18-23,26,30,32H,3-13,16-17,24-25H2,1-2H3/t26-,30-,32-/m0/s1. The summed E-state index contributed by atoms with van der Waals surface area (Å²) in [5.74, 6) is 1.09. The van der Waals surface area contributed by atoms with Crippen LogP contribution in [-0.2, 0) is 9.53 Å². The van der Waals surface area contributed by atoms with E-state index in [1.807, 2.05) is 6.92 Å². The Labute approximate surface area is 244 Å². The molecule has 0 bridgehead atoms. The van der Waals surface area contributed by atoms with Gasteiger partial charge in [-0.1, -0.05) is 58.8 Å². The Morgan fingerprint density at radius 1 is 0.756 bits per heavy atom. The quantitative estimate of drug-likeness (QED) is 0.101. The summed E-state index contributed by atoms with van der Waals surface area (Å²) in [6.07, 6.45) is 10.5. The molecule has 1 saturated carbocycles. The largest absolute Gasteiger partial charge is 0.494 e. The first-order valence-electron chi connectivity index (χ1n) is 15.5. The van der Waals surface area contributed by atoms with E-state index in [9.17, 15) is 14.0 Å². The Balaban J connectivity index is 1.32. The van der Waals surface area contributed by atoms with Gasteiger partial charge in [-0.05, 0) is 93.0 Å². The predicted octanol–water partition coefficient (Wildman–Crippen LogP) is 8.65. The second kappa shape index (κ2) is 18.4. The smallest absolute Gasteiger partial charge is 0.343 e. The van der Waals surface area contributed by atoms with Crippen LogP contribution in [0.5, 0.6) is 17.2 Å². The Bertz CT molecular complexity index is 1010. The fraction of sp³-hybridized carbons (Fsp3) is 0.588. The molecule has 0 N–H and O–H groups in total. The lowest BCUT2D eigenvalue weighted by Crippen LogP contribution is -2.30. The first-order chi connectivity index (χ1) is 20.0. The molecule has 6 nitrogen and oxygen atoms in total. The highest BCUT2D eigenvalue weighted by Crippen LogP contribution is 2.28. The van der Waals surface area contributed by atoms with Crippen LogP contribution in [-0.4, -0.2) is 37.4 Å². The fourth-order valence-electron chi connectivity index (χ4n) is 4.90. The van der Waals surface area contributed by atoms with E-state index in [1.54, 1.807) is 48.5 Å². The molecule has 226 valence electrons. The maximum absolute atomic E-state index is 13.9. The molecule has 0 amide bonds. The van der Waals surface area contributed by atoms with Gasteiger partial charge in [-0.25, -0.2) is 14.0 Å². The Morgan fingerprint density at radius 2 is 1.34 bits per heavy atom. The van der Waals surface area contributed by atoms with Crippen molar-refractivity contribution < 1.29 is 32.9 Å². The van der Waals surface area contributed by atoms with Gasteiger partial charge in [-0.15, -0.1) is 0 Å². The molecular formula is C34H47FO6. The summed E-state index contributed by atoms with van der Waals surface area (Å²) in [6.45, 7) is 5.42. The van der Waals surface area contributed by atoms with E-state index in [0.29, 0.717) is 42.6 Å².